The predicted molar refractivity (Wildman–Crippen MR) is 117 cm³/mol. The third-order valence-electron chi connectivity index (χ3n) is 4.65. The summed E-state index contributed by atoms with van der Waals surface area (Å²) in [5, 5.41) is 9.12. The molecular weight excluding hydrogens is 420 g/mol. The molecule has 1 N–H and O–H groups in total. The molecule has 0 aliphatic carbocycles. The SMILES string of the molecule is CCN(CCOC)C(=O)c1cccc(N(C=O)CCO[C@@H](C)C[C@@H](OC(C)=O)C(=O)O)c1. The van der Waals surface area contributed by atoms with Crippen molar-refractivity contribution in [1.82, 2.24) is 4.90 Å². The summed E-state index contributed by atoms with van der Waals surface area (Å²) in [4.78, 5) is 49.6. The molecule has 0 aliphatic heterocycles. The van der Waals surface area contributed by atoms with E-state index in [4.69, 9.17) is 19.3 Å². The molecule has 10 heteroatoms. The number of likely N-dealkylation sites (N-methyl/N-ethyl adjacent to an activating group) is 1. The number of benzene rings is 1. The number of anilines is 1. The lowest BCUT2D eigenvalue weighted by molar-refractivity contribution is -0.164. The van der Waals surface area contributed by atoms with Gasteiger partial charge in [-0.3, -0.25) is 14.4 Å². The lowest BCUT2D eigenvalue weighted by Crippen LogP contribution is -2.34. The summed E-state index contributed by atoms with van der Waals surface area (Å²) in [6.07, 6.45) is -1.20. The minimum Gasteiger partial charge on any atom is -0.479 e. The maximum absolute atomic E-state index is 12.7. The molecule has 0 heterocycles. The van der Waals surface area contributed by atoms with Crippen molar-refractivity contribution in [1.29, 1.82) is 0 Å². The fraction of sp³-hybridized carbons (Fsp3) is 0.545. The van der Waals surface area contributed by atoms with Crippen LogP contribution < -0.4 is 4.90 Å². The van der Waals surface area contributed by atoms with E-state index < -0.39 is 24.1 Å². The molecule has 0 fully saturated rings. The molecule has 1 rings (SSSR count). The van der Waals surface area contributed by atoms with Crippen molar-refractivity contribution in [3.63, 3.8) is 0 Å². The van der Waals surface area contributed by atoms with Gasteiger partial charge in [-0.15, -0.1) is 0 Å². The Morgan fingerprint density at radius 3 is 2.47 bits per heavy atom. The number of hydrogen-bond donors (Lipinski definition) is 1. The van der Waals surface area contributed by atoms with Gasteiger partial charge in [0.25, 0.3) is 5.91 Å². The highest BCUT2D eigenvalue weighted by molar-refractivity contribution is 5.95. The van der Waals surface area contributed by atoms with Gasteiger partial charge >= 0.3 is 11.9 Å². The molecule has 1 aromatic rings. The quantitative estimate of drug-likeness (QED) is 0.314. The predicted octanol–water partition coefficient (Wildman–Crippen LogP) is 1.57. The number of amides is 2. The number of carboxylic acid groups (broad SMARTS) is 1. The van der Waals surface area contributed by atoms with Crippen molar-refractivity contribution in [2.75, 3.05) is 44.9 Å². The van der Waals surface area contributed by atoms with Crippen LogP contribution in [0.25, 0.3) is 0 Å². The third-order valence-corrected chi connectivity index (χ3v) is 4.65. The molecule has 0 saturated carbocycles. The summed E-state index contributed by atoms with van der Waals surface area (Å²) in [6, 6.07) is 6.73. The maximum atomic E-state index is 12.7. The van der Waals surface area contributed by atoms with Crippen molar-refractivity contribution < 1.29 is 38.5 Å². The number of carbonyl (C=O) groups excluding carboxylic acids is 3. The molecule has 0 spiro atoms. The van der Waals surface area contributed by atoms with Gasteiger partial charge in [0.1, 0.15) is 0 Å². The number of rotatable bonds is 15. The zero-order valence-corrected chi connectivity index (χ0v) is 19.0. The molecule has 0 saturated heterocycles. The Kier molecular flexibility index (Phi) is 12.0. The minimum atomic E-state index is -1.30. The Morgan fingerprint density at radius 1 is 1.19 bits per heavy atom. The largest absolute Gasteiger partial charge is 0.479 e. The number of nitrogens with zero attached hydrogens (tertiary/aromatic N) is 2. The number of carboxylic acids is 1. The number of aliphatic carboxylic acids is 1. The van der Waals surface area contributed by atoms with Gasteiger partial charge < -0.3 is 29.1 Å². The summed E-state index contributed by atoms with van der Waals surface area (Å²) in [7, 11) is 1.57. The van der Waals surface area contributed by atoms with Gasteiger partial charge in [-0.25, -0.2) is 4.79 Å². The third kappa shape index (κ3) is 9.03. The monoisotopic (exact) mass is 452 g/mol. The van der Waals surface area contributed by atoms with Gasteiger partial charge in [0.05, 0.1) is 19.3 Å². The van der Waals surface area contributed by atoms with Gasteiger partial charge in [-0.1, -0.05) is 6.07 Å². The van der Waals surface area contributed by atoms with Crippen LogP contribution in [0, 0.1) is 0 Å². The summed E-state index contributed by atoms with van der Waals surface area (Å²) >= 11 is 0. The fourth-order valence-electron chi connectivity index (χ4n) is 2.97. The van der Waals surface area contributed by atoms with E-state index in [0.29, 0.717) is 37.4 Å². The molecule has 0 aromatic heterocycles. The number of methoxy groups -OCH3 is 1. The van der Waals surface area contributed by atoms with E-state index >= 15 is 0 Å². The summed E-state index contributed by atoms with van der Waals surface area (Å²) < 4.78 is 15.4. The highest BCUT2D eigenvalue weighted by Crippen LogP contribution is 2.17. The van der Waals surface area contributed by atoms with Gasteiger partial charge in [0.2, 0.25) is 12.5 Å². The van der Waals surface area contributed by atoms with Crippen LogP contribution in [0.4, 0.5) is 5.69 Å². The molecule has 10 nitrogen and oxygen atoms in total. The van der Waals surface area contributed by atoms with Gasteiger partial charge in [-0.05, 0) is 32.0 Å². The lowest BCUT2D eigenvalue weighted by atomic mass is 10.1. The second kappa shape index (κ2) is 14.2. The minimum absolute atomic E-state index is 0.0195. The van der Waals surface area contributed by atoms with E-state index in [9.17, 15) is 19.2 Å². The van der Waals surface area contributed by atoms with Gasteiger partial charge in [-0.2, -0.15) is 0 Å². The van der Waals surface area contributed by atoms with Crippen LogP contribution in [-0.2, 0) is 28.6 Å². The molecule has 0 aliphatic rings. The Hall–Kier alpha value is -2.98. The zero-order valence-electron chi connectivity index (χ0n) is 19.0. The first-order valence-corrected chi connectivity index (χ1v) is 10.3. The second-order valence-electron chi connectivity index (χ2n) is 7.08. The van der Waals surface area contributed by atoms with Crippen LogP contribution in [0.5, 0.6) is 0 Å². The highest BCUT2D eigenvalue weighted by atomic mass is 16.6. The van der Waals surface area contributed by atoms with Crippen LogP contribution >= 0.6 is 0 Å². The average Bonchev–Trinajstić information content (AvgIpc) is 2.76. The number of carbonyl (C=O) groups is 4. The number of ether oxygens (including phenoxy) is 3. The summed E-state index contributed by atoms with van der Waals surface area (Å²) in [5.74, 6) is -2.10. The molecule has 32 heavy (non-hydrogen) atoms. The summed E-state index contributed by atoms with van der Waals surface area (Å²) in [5.41, 5.74) is 0.987. The molecule has 0 radical (unpaired) electrons. The Morgan fingerprint density at radius 2 is 1.91 bits per heavy atom. The van der Waals surface area contributed by atoms with Crippen LogP contribution in [0.15, 0.2) is 24.3 Å². The van der Waals surface area contributed by atoms with E-state index in [2.05, 4.69) is 0 Å². The lowest BCUT2D eigenvalue weighted by Gasteiger charge is -2.23. The van der Waals surface area contributed by atoms with Crippen LogP contribution in [0.3, 0.4) is 0 Å². The molecule has 1 aromatic carbocycles. The van der Waals surface area contributed by atoms with E-state index in [-0.39, 0.29) is 25.5 Å². The molecule has 178 valence electrons. The average molecular weight is 453 g/mol. The van der Waals surface area contributed by atoms with E-state index in [0.717, 1.165) is 6.92 Å². The first kappa shape index (κ1) is 27.1. The molecule has 0 bridgehead atoms. The van der Waals surface area contributed by atoms with Crippen molar-refractivity contribution in [2.45, 2.75) is 39.4 Å². The van der Waals surface area contributed by atoms with E-state index in [1.54, 1.807) is 43.2 Å². The van der Waals surface area contributed by atoms with Crippen molar-refractivity contribution in [2.24, 2.45) is 0 Å². The normalized spacial score (nSPS) is 12.5. The topological polar surface area (TPSA) is 123 Å². The Labute approximate surface area is 188 Å². The van der Waals surface area contributed by atoms with E-state index in [1.807, 2.05) is 6.92 Å². The second-order valence-corrected chi connectivity index (χ2v) is 7.08. The first-order chi connectivity index (χ1) is 15.2. The van der Waals surface area contributed by atoms with Crippen LogP contribution in [0.1, 0.15) is 37.6 Å². The highest BCUT2D eigenvalue weighted by Gasteiger charge is 2.24. The van der Waals surface area contributed by atoms with Crippen molar-refractivity contribution in [3.05, 3.63) is 29.8 Å². The van der Waals surface area contributed by atoms with Crippen LogP contribution in [0.2, 0.25) is 0 Å². The first-order valence-electron chi connectivity index (χ1n) is 10.3. The van der Waals surface area contributed by atoms with Crippen molar-refractivity contribution >= 4 is 29.9 Å². The zero-order chi connectivity index (χ0) is 24.1. The van der Waals surface area contributed by atoms with E-state index in [1.165, 1.54) is 4.90 Å². The Balaban J connectivity index is 2.71. The van der Waals surface area contributed by atoms with Crippen molar-refractivity contribution in [3.8, 4) is 0 Å². The van der Waals surface area contributed by atoms with Gasteiger partial charge in [0.15, 0.2) is 0 Å². The fourth-order valence-corrected chi connectivity index (χ4v) is 2.97. The molecule has 2 atom stereocenters. The standard InChI is InChI=1S/C22H32N2O8/c1-5-23(9-11-30-4)21(27)18-7-6-8-19(14-18)24(15-25)10-12-31-16(2)13-20(22(28)29)32-17(3)26/h6-8,14-16,20H,5,9-13H2,1-4H3,(H,28,29)/t16-,20+/m0/s1. The number of esters is 1. The molecular formula is C22H32N2O8. The van der Waals surface area contributed by atoms with Crippen LogP contribution in [-0.4, -0.2) is 86.4 Å². The van der Waals surface area contributed by atoms with Gasteiger partial charge in [0, 0.05) is 51.3 Å². The molecule has 0 unspecified atom stereocenters. The maximum Gasteiger partial charge on any atom is 0.345 e. The number of hydrogen-bond acceptors (Lipinski definition) is 7. The Bertz CT molecular complexity index is 770. The molecule has 2 amide bonds. The summed E-state index contributed by atoms with van der Waals surface area (Å²) in [6.45, 7) is 6.41. The smallest absolute Gasteiger partial charge is 0.345 e.